The summed E-state index contributed by atoms with van der Waals surface area (Å²) in [6.45, 7) is 4.53. The van der Waals surface area contributed by atoms with Gasteiger partial charge in [-0.25, -0.2) is 0 Å². The number of hydrogen-bond donors (Lipinski definition) is 1. The van der Waals surface area contributed by atoms with Gasteiger partial charge in [0, 0.05) is 32.2 Å². The van der Waals surface area contributed by atoms with Gasteiger partial charge in [-0.3, -0.25) is 24.3 Å². The standard InChI is InChI=1S/C19H31N3O3/c1-2-3-9-21-17(24)16-10-15(23)11-22(16)19(18(21)25)12-20(13-19)14-7-5-4-6-8-14/h14-16,23H,2-13H2,1H3/t15-,16+/m1/s1. The topological polar surface area (TPSA) is 64.1 Å². The van der Waals surface area contributed by atoms with Gasteiger partial charge in [0.15, 0.2) is 0 Å². The Morgan fingerprint density at radius 3 is 2.56 bits per heavy atom. The highest BCUT2D eigenvalue weighted by atomic mass is 16.3. The number of imide groups is 1. The largest absolute Gasteiger partial charge is 0.392 e. The van der Waals surface area contributed by atoms with Gasteiger partial charge in [-0.2, -0.15) is 0 Å². The van der Waals surface area contributed by atoms with Crippen molar-refractivity contribution >= 4 is 11.8 Å². The Balaban J connectivity index is 1.54. The van der Waals surface area contributed by atoms with Crippen molar-refractivity contribution < 1.29 is 14.7 Å². The second-order valence-corrected chi connectivity index (χ2v) is 8.43. The predicted octanol–water partition coefficient (Wildman–Crippen LogP) is 0.978. The fourth-order valence-corrected chi connectivity index (χ4v) is 5.35. The molecule has 3 aliphatic heterocycles. The number of nitrogens with zero attached hydrogens (tertiary/aromatic N) is 3. The highest BCUT2D eigenvalue weighted by Gasteiger charge is 2.64. The third-order valence-corrected chi connectivity index (χ3v) is 6.78. The van der Waals surface area contributed by atoms with Gasteiger partial charge >= 0.3 is 0 Å². The number of piperazine rings is 1. The Bertz CT molecular complexity index is 540. The van der Waals surface area contributed by atoms with E-state index in [-0.39, 0.29) is 17.9 Å². The number of carbonyl (C=O) groups excluding carboxylic acids is 2. The minimum absolute atomic E-state index is 0.0108. The lowest BCUT2D eigenvalue weighted by Gasteiger charge is -2.60. The molecule has 2 amide bonds. The van der Waals surface area contributed by atoms with Gasteiger partial charge in [0.2, 0.25) is 5.91 Å². The molecule has 1 saturated carbocycles. The average Bonchev–Trinajstić information content (AvgIpc) is 2.97. The summed E-state index contributed by atoms with van der Waals surface area (Å²) in [5.41, 5.74) is -0.568. The van der Waals surface area contributed by atoms with E-state index in [9.17, 15) is 14.7 Å². The molecular formula is C19H31N3O3. The molecule has 1 N–H and O–H groups in total. The lowest BCUT2D eigenvalue weighted by atomic mass is 9.79. The quantitative estimate of drug-likeness (QED) is 0.767. The predicted molar refractivity (Wildman–Crippen MR) is 93.9 cm³/mol. The van der Waals surface area contributed by atoms with Gasteiger partial charge in [0.1, 0.15) is 5.54 Å². The van der Waals surface area contributed by atoms with E-state index in [0.29, 0.717) is 25.6 Å². The second-order valence-electron chi connectivity index (χ2n) is 8.43. The van der Waals surface area contributed by atoms with Crippen molar-refractivity contribution in [3.05, 3.63) is 0 Å². The molecule has 0 unspecified atom stereocenters. The summed E-state index contributed by atoms with van der Waals surface area (Å²) in [4.78, 5) is 32.1. The van der Waals surface area contributed by atoms with Crippen LogP contribution in [0, 0.1) is 0 Å². The molecule has 0 bridgehead atoms. The first-order valence-electron chi connectivity index (χ1n) is 10.1. The molecule has 3 heterocycles. The minimum Gasteiger partial charge on any atom is -0.392 e. The molecule has 6 heteroatoms. The molecule has 3 saturated heterocycles. The van der Waals surface area contributed by atoms with Crippen LogP contribution in [0.1, 0.15) is 58.3 Å². The lowest BCUT2D eigenvalue weighted by molar-refractivity contribution is -0.183. The van der Waals surface area contributed by atoms with E-state index in [0.717, 1.165) is 25.9 Å². The van der Waals surface area contributed by atoms with Gasteiger partial charge in [0.25, 0.3) is 5.91 Å². The average molecular weight is 349 g/mol. The molecule has 6 nitrogen and oxygen atoms in total. The molecular weight excluding hydrogens is 318 g/mol. The van der Waals surface area contributed by atoms with Crippen LogP contribution in [-0.2, 0) is 9.59 Å². The van der Waals surface area contributed by atoms with Crippen LogP contribution < -0.4 is 0 Å². The molecule has 1 spiro atoms. The van der Waals surface area contributed by atoms with E-state index in [1.165, 1.54) is 37.0 Å². The van der Waals surface area contributed by atoms with E-state index in [1.807, 2.05) is 4.90 Å². The van der Waals surface area contributed by atoms with Crippen molar-refractivity contribution in [1.29, 1.82) is 0 Å². The zero-order valence-electron chi connectivity index (χ0n) is 15.3. The molecule has 4 aliphatic rings. The maximum atomic E-state index is 13.3. The number of amides is 2. The van der Waals surface area contributed by atoms with Crippen molar-refractivity contribution in [2.45, 2.75) is 82.0 Å². The van der Waals surface area contributed by atoms with Crippen LogP contribution in [-0.4, -0.2) is 81.5 Å². The third-order valence-electron chi connectivity index (χ3n) is 6.78. The molecule has 25 heavy (non-hydrogen) atoms. The minimum atomic E-state index is -0.568. The number of rotatable bonds is 4. The first-order valence-corrected chi connectivity index (χ1v) is 10.1. The Kier molecular flexibility index (Phi) is 4.63. The van der Waals surface area contributed by atoms with Gasteiger partial charge in [0.05, 0.1) is 12.1 Å². The lowest BCUT2D eigenvalue weighted by Crippen LogP contribution is -2.82. The first kappa shape index (κ1) is 17.4. The second kappa shape index (κ2) is 6.63. The summed E-state index contributed by atoms with van der Waals surface area (Å²) < 4.78 is 0. The van der Waals surface area contributed by atoms with Gasteiger partial charge in [-0.1, -0.05) is 32.6 Å². The summed E-state index contributed by atoms with van der Waals surface area (Å²) in [5.74, 6) is -0.0971. The van der Waals surface area contributed by atoms with Crippen molar-refractivity contribution in [2.75, 3.05) is 26.2 Å². The van der Waals surface area contributed by atoms with Crippen molar-refractivity contribution in [3.63, 3.8) is 0 Å². The number of carbonyl (C=O) groups is 2. The number of unbranched alkanes of at least 4 members (excludes halogenated alkanes) is 1. The summed E-state index contributed by atoms with van der Waals surface area (Å²) in [6.07, 6.45) is 8.17. The van der Waals surface area contributed by atoms with Crippen LogP contribution in [0.5, 0.6) is 0 Å². The zero-order valence-corrected chi connectivity index (χ0v) is 15.3. The Labute approximate surface area is 150 Å². The van der Waals surface area contributed by atoms with Crippen LogP contribution in [0.2, 0.25) is 0 Å². The SMILES string of the molecule is CCCCN1C(=O)[C@@H]2C[C@@H](O)CN2C2(CN(C3CCCCC3)C2)C1=O. The van der Waals surface area contributed by atoms with Crippen LogP contribution in [0.4, 0.5) is 0 Å². The smallest absolute Gasteiger partial charge is 0.252 e. The van der Waals surface area contributed by atoms with Crippen LogP contribution in [0.3, 0.4) is 0 Å². The van der Waals surface area contributed by atoms with Crippen molar-refractivity contribution in [1.82, 2.24) is 14.7 Å². The molecule has 0 aromatic heterocycles. The summed E-state index contributed by atoms with van der Waals surface area (Å²) in [6, 6.07) is 0.290. The summed E-state index contributed by atoms with van der Waals surface area (Å²) >= 11 is 0. The first-order chi connectivity index (χ1) is 12.1. The third kappa shape index (κ3) is 2.73. The number of likely N-dealkylation sites (tertiary alicyclic amines) is 1. The number of β-amino-alcohol motifs (C(OH)–C–C–N with tert-alkyl or cyclic N) is 1. The number of aliphatic hydroxyl groups excluding tert-OH is 1. The van der Waals surface area contributed by atoms with E-state index in [4.69, 9.17) is 0 Å². The molecule has 0 aromatic carbocycles. The summed E-state index contributed by atoms with van der Waals surface area (Å²) in [5, 5.41) is 10.2. The van der Waals surface area contributed by atoms with E-state index in [2.05, 4.69) is 11.8 Å². The summed E-state index contributed by atoms with van der Waals surface area (Å²) in [7, 11) is 0. The molecule has 0 radical (unpaired) electrons. The van der Waals surface area contributed by atoms with E-state index in [1.54, 1.807) is 0 Å². The van der Waals surface area contributed by atoms with E-state index >= 15 is 0 Å². The van der Waals surface area contributed by atoms with Crippen LogP contribution in [0.15, 0.2) is 0 Å². The Morgan fingerprint density at radius 2 is 1.88 bits per heavy atom. The highest BCUT2D eigenvalue weighted by molar-refractivity contribution is 6.06. The number of fused-ring (bicyclic) bond motifs is 2. The molecule has 140 valence electrons. The highest BCUT2D eigenvalue weighted by Crippen LogP contribution is 2.42. The van der Waals surface area contributed by atoms with Crippen molar-refractivity contribution in [2.24, 2.45) is 0 Å². The number of aliphatic hydroxyl groups is 1. The van der Waals surface area contributed by atoms with Gasteiger partial charge in [-0.15, -0.1) is 0 Å². The molecule has 4 rings (SSSR count). The molecule has 2 atom stereocenters. The maximum absolute atomic E-state index is 13.3. The Hall–Kier alpha value is -0.980. The fraction of sp³-hybridized carbons (Fsp3) is 0.895. The molecule has 1 aliphatic carbocycles. The van der Waals surface area contributed by atoms with E-state index < -0.39 is 11.6 Å². The monoisotopic (exact) mass is 349 g/mol. The zero-order chi connectivity index (χ0) is 17.6. The maximum Gasteiger partial charge on any atom is 0.252 e. The van der Waals surface area contributed by atoms with Gasteiger partial charge < -0.3 is 5.11 Å². The van der Waals surface area contributed by atoms with Crippen LogP contribution >= 0.6 is 0 Å². The molecule has 4 fully saturated rings. The van der Waals surface area contributed by atoms with Gasteiger partial charge in [-0.05, 0) is 25.7 Å². The van der Waals surface area contributed by atoms with Crippen LogP contribution in [0.25, 0.3) is 0 Å². The normalized spacial score (nSPS) is 33.8. The number of hydrogen-bond acceptors (Lipinski definition) is 5. The fourth-order valence-electron chi connectivity index (χ4n) is 5.35. The molecule has 0 aromatic rings. The Morgan fingerprint density at radius 1 is 1.16 bits per heavy atom. The van der Waals surface area contributed by atoms with Crippen molar-refractivity contribution in [3.8, 4) is 0 Å².